The van der Waals surface area contributed by atoms with Gasteiger partial charge in [-0.3, -0.25) is 9.78 Å². The lowest BCUT2D eigenvalue weighted by Gasteiger charge is -2.06. The summed E-state index contributed by atoms with van der Waals surface area (Å²) in [5, 5.41) is 0.964. The number of carbonyl (C=O) groups excluding carboxylic acids is 1. The first kappa shape index (κ1) is 13.3. The summed E-state index contributed by atoms with van der Waals surface area (Å²) in [5.74, 6) is 0.658. The lowest BCUT2D eigenvalue weighted by atomic mass is 10.1. The molecule has 3 nitrogen and oxygen atoms in total. The normalized spacial score (nSPS) is 10.5. The van der Waals surface area contributed by atoms with Crippen LogP contribution in [0.5, 0.6) is 5.75 Å². The highest BCUT2D eigenvalue weighted by Gasteiger charge is 2.08. The summed E-state index contributed by atoms with van der Waals surface area (Å²) in [6.45, 7) is 1.99. The molecule has 0 spiro atoms. The number of para-hydroxylation sites is 1. The molecule has 0 aliphatic heterocycles. The maximum absolute atomic E-state index is 12.2. The van der Waals surface area contributed by atoms with E-state index in [4.69, 9.17) is 4.74 Å². The number of rotatable bonds is 4. The average Bonchev–Trinajstić information content (AvgIpc) is 2.53. The summed E-state index contributed by atoms with van der Waals surface area (Å²) < 4.78 is 5.49. The van der Waals surface area contributed by atoms with Gasteiger partial charge in [0, 0.05) is 16.6 Å². The van der Waals surface area contributed by atoms with Gasteiger partial charge in [-0.25, -0.2) is 0 Å². The minimum absolute atomic E-state index is 0.0365. The van der Waals surface area contributed by atoms with Gasteiger partial charge in [-0.15, -0.1) is 0 Å². The van der Waals surface area contributed by atoms with Crippen LogP contribution in [0.1, 0.15) is 16.1 Å². The Kier molecular flexibility index (Phi) is 3.65. The minimum Gasteiger partial charge on any atom is -0.485 e. The molecular weight excluding hydrogens is 262 g/mol. The second kappa shape index (κ2) is 5.75. The largest absolute Gasteiger partial charge is 0.485 e. The third-order valence-corrected chi connectivity index (χ3v) is 3.26. The molecule has 0 saturated heterocycles. The van der Waals surface area contributed by atoms with Gasteiger partial charge in [0.05, 0.1) is 5.52 Å². The van der Waals surface area contributed by atoms with Crippen LogP contribution in [0.15, 0.2) is 60.7 Å². The highest BCUT2D eigenvalue weighted by Crippen LogP contribution is 2.16. The number of aryl methyl sites for hydroxylation is 1. The molecule has 0 atom stereocenters. The molecule has 3 rings (SSSR count). The first-order chi connectivity index (χ1) is 10.2. The van der Waals surface area contributed by atoms with Crippen molar-refractivity contribution < 1.29 is 9.53 Å². The molecule has 0 aliphatic rings. The molecular formula is C18H15NO2. The third kappa shape index (κ3) is 3.08. The molecule has 1 heterocycles. The smallest absolute Gasteiger partial charge is 0.200 e. The summed E-state index contributed by atoms with van der Waals surface area (Å²) in [7, 11) is 0. The number of pyridine rings is 1. The van der Waals surface area contributed by atoms with Gasteiger partial charge in [-0.1, -0.05) is 24.3 Å². The van der Waals surface area contributed by atoms with Crippen molar-refractivity contribution in [3.8, 4) is 5.75 Å². The van der Waals surface area contributed by atoms with Crippen molar-refractivity contribution in [2.45, 2.75) is 6.92 Å². The maximum atomic E-state index is 12.2. The number of Topliss-reactive ketones (excluding diaryl/α,β-unsaturated/α-hetero) is 1. The SMILES string of the molecule is Cc1ccc2cc(C(=O)COc3ccccc3)ccc2n1. The number of aromatic nitrogens is 1. The molecule has 0 N–H and O–H groups in total. The van der Waals surface area contributed by atoms with Gasteiger partial charge >= 0.3 is 0 Å². The molecule has 0 amide bonds. The fraction of sp³-hybridized carbons (Fsp3) is 0.111. The van der Waals surface area contributed by atoms with Crippen molar-refractivity contribution >= 4 is 16.7 Å². The van der Waals surface area contributed by atoms with Crippen LogP contribution in [0.4, 0.5) is 0 Å². The van der Waals surface area contributed by atoms with Crippen molar-refractivity contribution in [3.05, 3.63) is 71.9 Å². The molecule has 0 unspecified atom stereocenters. The molecule has 0 saturated carbocycles. The Bertz CT molecular complexity index is 782. The summed E-state index contributed by atoms with van der Waals surface area (Å²) in [4.78, 5) is 16.6. The van der Waals surface area contributed by atoms with E-state index in [2.05, 4.69) is 4.98 Å². The van der Waals surface area contributed by atoms with E-state index in [1.54, 1.807) is 6.07 Å². The Labute approximate surface area is 123 Å². The number of ether oxygens (including phenoxy) is 1. The Morgan fingerprint density at radius 2 is 1.86 bits per heavy atom. The van der Waals surface area contributed by atoms with E-state index in [1.807, 2.05) is 61.5 Å². The third-order valence-electron chi connectivity index (χ3n) is 3.26. The molecule has 0 radical (unpaired) electrons. The van der Waals surface area contributed by atoms with Crippen LogP contribution >= 0.6 is 0 Å². The Hall–Kier alpha value is -2.68. The topological polar surface area (TPSA) is 39.2 Å². The van der Waals surface area contributed by atoms with Gasteiger partial charge < -0.3 is 4.74 Å². The van der Waals surface area contributed by atoms with E-state index < -0.39 is 0 Å². The average molecular weight is 277 g/mol. The summed E-state index contributed by atoms with van der Waals surface area (Å²) >= 11 is 0. The second-order valence-electron chi connectivity index (χ2n) is 4.89. The molecule has 3 heteroatoms. The van der Waals surface area contributed by atoms with Gasteiger partial charge in [0.2, 0.25) is 0 Å². The van der Waals surface area contributed by atoms with E-state index in [0.29, 0.717) is 11.3 Å². The van der Waals surface area contributed by atoms with Crippen LogP contribution in [0.2, 0.25) is 0 Å². The zero-order chi connectivity index (χ0) is 14.7. The number of carbonyl (C=O) groups is 1. The number of hydrogen-bond donors (Lipinski definition) is 0. The van der Waals surface area contributed by atoms with Crippen molar-refractivity contribution in [3.63, 3.8) is 0 Å². The van der Waals surface area contributed by atoms with Crippen molar-refractivity contribution in [1.29, 1.82) is 0 Å². The van der Waals surface area contributed by atoms with Crippen molar-refractivity contribution in [2.75, 3.05) is 6.61 Å². The number of benzene rings is 2. The van der Waals surface area contributed by atoms with Gasteiger partial charge in [-0.2, -0.15) is 0 Å². The van der Waals surface area contributed by atoms with Gasteiger partial charge in [0.15, 0.2) is 12.4 Å². The van der Waals surface area contributed by atoms with Crippen LogP contribution < -0.4 is 4.74 Å². The van der Waals surface area contributed by atoms with Gasteiger partial charge in [-0.05, 0) is 43.3 Å². The predicted molar refractivity (Wildman–Crippen MR) is 82.7 cm³/mol. The van der Waals surface area contributed by atoms with Gasteiger partial charge in [0.25, 0.3) is 0 Å². The second-order valence-corrected chi connectivity index (χ2v) is 4.89. The first-order valence-electron chi connectivity index (χ1n) is 6.81. The van der Waals surface area contributed by atoms with Crippen LogP contribution in [0.3, 0.4) is 0 Å². The number of fused-ring (bicyclic) bond motifs is 1. The molecule has 104 valence electrons. The molecule has 21 heavy (non-hydrogen) atoms. The summed E-state index contributed by atoms with van der Waals surface area (Å²) in [6.07, 6.45) is 0. The van der Waals surface area contributed by atoms with Gasteiger partial charge in [0.1, 0.15) is 5.75 Å². The molecule has 0 aliphatic carbocycles. The standard InChI is InChI=1S/C18H15NO2/c1-13-7-8-14-11-15(9-10-17(14)19-13)18(20)12-21-16-5-3-2-4-6-16/h2-11H,12H2,1H3. The zero-order valence-electron chi connectivity index (χ0n) is 11.7. The van der Waals surface area contributed by atoms with E-state index in [9.17, 15) is 4.79 Å². The van der Waals surface area contributed by atoms with E-state index in [0.717, 1.165) is 16.6 Å². The monoisotopic (exact) mass is 277 g/mol. The minimum atomic E-state index is -0.0404. The van der Waals surface area contributed by atoms with Crippen LogP contribution in [0.25, 0.3) is 10.9 Å². The van der Waals surface area contributed by atoms with Crippen LogP contribution in [-0.4, -0.2) is 17.4 Å². The van der Waals surface area contributed by atoms with E-state index in [1.165, 1.54) is 0 Å². The number of hydrogen-bond acceptors (Lipinski definition) is 3. The molecule has 3 aromatic rings. The lowest BCUT2D eigenvalue weighted by molar-refractivity contribution is 0.0921. The van der Waals surface area contributed by atoms with Crippen molar-refractivity contribution in [2.24, 2.45) is 0 Å². The molecule has 1 aromatic heterocycles. The predicted octanol–water partition coefficient (Wildman–Crippen LogP) is 3.80. The molecule has 2 aromatic carbocycles. The quantitative estimate of drug-likeness (QED) is 0.681. The molecule has 0 fully saturated rings. The fourth-order valence-electron chi connectivity index (χ4n) is 2.15. The van der Waals surface area contributed by atoms with Crippen LogP contribution in [-0.2, 0) is 0 Å². The van der Waals surface area contributed by atoms with Crippen LogP contribution in [0, 0.1) is 6.92 Å². The van der Waals surface area contributed by atoms with E-state index >= 15 is 0 Å². The van der Waals surface area contributed by atoms with Crippen molar-refractivity contribution in [1.82, 2.24) is 4.98 Å². The Balaban J connectivity index is 1.77. The Morgan fingerprint density at radius 3 is 2.67 bits per heavy atom. The maximum Gasteiger partial charge on any atom is 0.200 e. The van der Waals surface area contributed by atoms with E-state index in [-0.39, 0.29) is 12.4 Å². The number of nitrogens with zero attached hydrogens (tertiary/aromatic N) is 1. The fourth-order valence-corrected chi connectivity index (χ4v) is 2.15. The zero-order valence-corrected chi connectivity index (χ0v) is 11.7. The number of ketones is 1. The first-order valence-corrected chi connectivity index (χ1v) is 6.81. The highest BCUT2D eigenvalue weighted by molar-refractivity contribution is 6.00. The summed E-state index contributed by atoms with van der Waals surface area (Å²) in [5.41, 5.74) is 2.51. The summed E-state index contributed by atoms with van der Waals surface area (Å²) in [6, 6.07) is 18.8. The highest BCUT2D eigenvalue weighted by atomic mass is 16.5. The molecule has 0 bridgehead atoms. The lowest BCUT2D eigenvalue weighted by Crippen LogP contribution is -2.11. The Morgan fingerprint density at radius 1 is 1.05 bits per heavy atom.